The maximum Gasteiger partial charge on any atom is 0.227 e. The minimum Gasteiger partial charge on any atom is -0.340 e. The number of nitriles is 2. The van der Waals surface area contributed by atoms with Crippen LogP contribution in [0.2, 0.25) is 0 Å². The molecule has 0 saturated carbocycles. The fourth-order valence-electron chi connectivity index (χ4n) is 3.77. The SMILES string of the molecule is N#CCCN(C(=O)CCC(=O)N1CCN(Cc2ccc(C#N)cc2)CC1)c1ccccc1. The van der Waals surface area contributed by atoms with Crippen molar-refractivity contribution in [2.75, 3.05) is 37.6 Å². The fraction of sp³-hybridized carbons (Fsp3) is 0.360. The molecule has 2 aromatic carbocycles. The highest BCUT2D eigenvalue weighted by Crippen LogP contribution is 2.16. The lowest BCUT2D eigenvalue weighted by atomic mass is 10.1. The average Bonchev–Trinajstić information content (AvgIpc) is 2.84. The zero-order valence-electron chi connectivity index (χ0n) is 18.1. The van der Waals surface area contributed by atoms with Crippen molar-refractivity contribution < 1.29 is 9.59 Å². The van der Waals surface area contributed by atoms with E-state index in [1.165, 1.54) is 0 Å². The molecule has 7 heteroatoms. The second kappa shape index (κ2) is 11.6. The monoisotopic (exact) mass is 429 g/mol. The summed E-state index contributed by atoms with van der Waals surface area (Å²) in [6, 6.07) is 21.0. The zero-order chi connectivity index (χ0) is 22.8. The van der Waals surface area contributed by atoms with Crippen molar-refractivity contribution in [3.8, 4) is 12.1 Å². The number of amides is 2. The highest BCUT2D eigenvalue weighted by molar-refractivity contribution is 5.95. The van der Waals surface area contributed by atoms with E-state index in [0.717, 1.165) is 30.9 Å². The standard InChI is InChI=1S/C25H27N5O2/c26-13-4-14-30(23-5-2-1-3-6-23)25(32)12-11-24(31)29-17-15-28(16-18-29)20-22-9-7-21(19-27)8-10-22/h1-3,5-10H,4,11-12,14-18,20H2. The first kappa shape index (κ1) is 23.0. The third-order valence-electron chi connectivity index (χ3n) is 5.58. The van der Waals surface area contributed by atoms with E-state index in [9.17, 15) is 9.59 Å². The molecule has 1 aliphatic rings. The van der Waals surface area contributed by atoms with Crippen molar-refractivity contribution in [3.05, 3.63) is 65.7 Å². The largest absolute Gasteiger partial charge is 0.340 e. The number of anilines is 1. The van der Waals surface area contributed by atoms with Crippen LogP contribution in [0.4, 0.5) is 5.69 Å². The lowest BCUT2D eigenvalue weighted by Crippen LogP contribution is -2.48. The van der Waals surface area contributed by atoms with Gasteiger partial charge < -0.3 is 9.80 Å². The van der Waals surface area contributed by atoms with Gasteiger partial charge in [0.1, 0.15) is 0 Å². The van der Waals surface area contributed by atoms with E-state index >= 15 is 0 Å². The third kappa shape index (κ3) is 6.41. The molecule has 1 aliphatic heterocycles. The lowest BCUT2D eigenvalue weighted by molar-refractivity contribution is -0.134. The van der Waals surface area contributed by atoms with Crippen molar-refractivity contribution in [2.45, 2.75) is 25.8 Å². The summed E-state index contributed by atoms with van der Waals surface area (Å²) in [5.74, 6) is -0.149. The number of para-hydroxylation sites is 1. The van der Waals surface area contributed by atoms with Gasteiger partial charge in [0.05, 0.1) is 24.1 Å². The number of carbonyl (C=O) groups excluding carboxylic acids is 2. The molecule has 0 unspecified atom stereocenters. The Morgan fingerprint density at radius 3 is 2.22 bits per heavy atom. The molecule has 2 amide bonds. The van der Waals surface area contributed by atoms with Gasteiger partial charge >= 0.3 is 0 Å². The Morgan fingerprint density at radius 1 is 0.906 bits per heavy atom. The molecule has 2 aromatic rings. The van der Waals surface area contributed by atoms with Crippen LogP contribution in [0.25, 0.3) is 0 Å². The van der Waals surface area contributed by atoms with E-state index in [2.05, 4.69) is 17.0 Å². The lowest BCUT2D eigenvalue weighted by Gasteiger charge is -2.35. The van der Waals surface area contributed by atoms with Crippen LogP contribution < -0.4 is 4.90 Å². The second-order valence-electron chi connectivity index (χ2n) is 7.75. The zero-order valence-corrected chi connectivity index (χ0v) is 18.1. The van der Waals surface area contributed by atoms with Gasteiger partial charge in [0.15, 0.2) is 0 Å². The topological polar surface area (TPSA) is 91.4 Å². The van der Waals surface area contributed by atoms with Gasteiger partial charge in [-0.3, -0.25) is 14.5 Å². The molecule has 0 bridgehead atoms. The number of rotatable bonds is 8. The Balaban J connectivity index is 1.46. The summed E-state index contributed by atoms with van der Waals surface area (Å²) in [5.41, 5.74) is 2.54. The van der Waals surface area contributed by atoms with Gasteiger partial charge in [-0.2, -0.15) is 10.5 Å². The summed E-state index contributed by atoms with van der Waals surface area (Å²) in [5, 5.41) is 17.8. The Bertz CT molecular complexity index is 984. The van der Waals surface area contributed by atoms with Gasteiger partial charge in [-0.1, -0.05) is 30.3 Å². The molecule has 1 heterocycles. The predicted molar refractivity (Wildman–Crippen MR) is 121 cm³/mol. The van der Waals surface area contributed by atoms with Gasteiger partial charge in [-0.05, 0) is 29.8 Å². The van der Waals surface area contributed by atoms with Crippen molar-refractivity contribution in [2.24, 2.45) is 0 Å². The van der Waals surface area contributed by atoms with Gasteiger partial charge in [-0.25, -0.2) is 0 Å². The van der Waals surface area contributed by atoms with Gasteiger partial charge in [-0.15, -0.1) is 0 Å². The molecular weight excluding hydrogens is 402 g/mol. The Hall–Kier alpha value is -3.68. The van der Waals surface area contributed by atoms with Gasteiger partial charge in [0.25, 0.3) is 0 Å². The third-order valence-corrected chi connectivity index (χ3v) is 5.58. The van der Waals surface area contributed by atoms with Crippen LogP contribution in [-0.4, -0.2) is 54.3 Å². The van der Waals surface area contributed by atoms with Crippen LogP contribution in [0.1, 0.15) is 30.4 Å². The van der Waals surface area contributed by atoms with E-state index in [-0.39, 0.29) is 31.1 Å². The second-order valence-corrected chi connectivity index (χ2v) is 7.75. The quantitative estimate of drug-likeness (QED) is 0.643. The molecule has 0 spiro atoms. The molecule has 1 saturated heterocycles. The number of piperazine rings is 1. The van der Waals surface area contributed by atoms with Crippen LogP contribution in [-0.2, 0) is 16.1 Å². The van der Waals surface area contributed by atoms with E-state index < -0.39 is 0 Å². The van der Waals surface area contributed by atoms with Gasteiger partial charge in [0, 0.05) is 57.8 Å². The van der Waals surface area contributed by atoms with E-state index in [4.69, 9.17) is 10.5 Å². The summed E-state index contributed by atoms with van der Waals surface area (Å²) in [7, 11) is 0. The molecule has 0 atom stereocenters. The van der Waals surface area contributed by atoms with E-state index in [1.54, 1.807) is 4.90 Å². The first-order valence-electron chi connectivity index (χ1n) is 10.8. The highest BCUT2D eigenvalue weighted by Gasteiger charge is 2.23. The Labute approximate surface area is 189 Å². The van der Waals surface area contributed by atoms with Crippen molar-refractivity contribution >= 4 is 17.5 Å². The summed E-state index contributed by atoms with van der Waals surface area (Å²) < 4.78 is 0. The van der Waals surface area contributed by atoms with Crippen LogP contribution in [0.15, 0.2) is 54.6 Å². The number of benzene rings is 2. The molecule has 0 aliphatic carbocycles. The van der Waals surface area contributed by atoms with Crippen molar-refractivity contribution in [1.82, 2.24) is 9.80 Å². The molecule has 0 N–H and O–H groups in total. The van der Waals surface area contributed by atoms with E-state index in [1.807, 2.05) is 59.5 Å². The van der Waals surface area contributed by atoms with Crippen molar-refractivity contribution in [1.29, 1.82) is 10.5 Å². The smallest absolute Gasteiger partial charge is 0.227 e. The Kier molecular flexibility index (Phi) is 8.36. The molecule has 1 fully saturated rings. The minimum absolute atomic E-state index is 0.00957. The number of hydrogen-bond acceptors (Lipinski definition) is 5. The minimum atomic E-state index is -0.140. The molecule has 164 valence electrons. The molecule has 3 rings (SSSR count). The molecular formula is C25H27N5O2. The first-order valence-corrected chi connectivity index (χ1v) is 10.8. The normalized spacial score (nSPS) is 13.8. The molecule has 0 aromatic heterocycles. The summed E-state index contributed by atoms with van der Waals surface area (Å²) in [4.78, 5) is 31.1. The van der Waals surface area contributed by atoms with Crippen LogP contribution in [0.5, 0.6) is 0 Å². The molecule has 32 heavy (non-hydrogen) atoms. The fourth-order valence-corrected chi connectivity index (χ4v) is 3.77. The summed E-state index contributed by atoms with van der Waals surface area (Å²) >= 11 is 0. The molecule has 0 radical (unpaired) electrons. The number of nitrogens with zero attached hydrogens (tertiary/aromatic N) is 5. The highest BCUT2D eigenvalue weighted by atomic mass is 16.2. The predicted octanol–water partition coefficient (Wildman–Crippen LogP) is 2.93. The van der Waals surface area contributed by atoms with Gasteiger partial charge in [0.2, 0.25) is 11.8 Å². The maximum absolute atomic E-state index is 12.8. The Morgan fingerprint density at radius 2 is 1.59 bits per heavy atom. The summed E-state index contributed by atoms with van der Waals surface area (Å²) in [6.45, 7) is 3.94. The first-order chi connectivity index (χ1) is 15.6. The molecule has 7 nitrogen and oxygen atoms in total. The number of carbonyl (C=O) groups is 2. The average molecular weight is 430 g/mol. The van der Waals surface area contributed by atoms with Crippen LogP contribution in [0.3, 0.4) is 0 Å². The summed E-state index contributed by atoms with van der Waals surface area (Å²) in [6.07, 6.45) is 0.546. The van der Waals surface area contributed by atoms with Crippen molar-refractivity contribution in [3.63, 3.8) is 0 Å². The van der Waals surface area contributed by atoms with Crippen LogP contribution in [0, 0.1) is 22.7 Å². The maximum atomic E-state index is 12.8. The van der Waals surface area contributed by atoms with Crippen LogP contribution >= 0.6 is 0 Å². The number of hydrogen-bond donors (Lipinski definition) is 0. The van der Waals surface area contributed by atoms with E-state index in [0.29, 0.717) is 25.2 Å².